The van der Waals surface area contributed by atoms with Gasteiger partial charge in [-0.3, -0.25) is 9.59 Å². The van der Waals surface area contributed by atoms with E-state index in [1.165, 1.54) is 17.2 Å². The zero-order chi connectivity index (χ0) is 10.8. The predicted molar refractivity (Wildman–Crippen MR) is 50.0 cm³/mol. The molecule has 0 aromatic carbocycles. The molecule has 2 rings (SSSR count). The summed E-state index contributed by atoms with van der Waals surface area (Å²) in [4.78, 5) is 24.6. The summed E-state index contributed by atoms with van der Waals surface area (Å²) in [5, 5.41) is 6.14. The highest BCUT2D eigenvalue weighted by atomic mass is 16.5. The van der Waals surface area contributed by atoms with Crippen LogP contribution in [0.2, 0.25) is 0 Å². The molecule has 0 aliphatic carbocycles. The van der Waals surface area contributed by atoms with Crippen LogP contribution in [0.5, 0.6) is 0 Å². The van der Waals surface area contributed by atoms with Gasteiger partial charge < -0.3 is 14.7 Å². The molecule has 0 radical (unpaired) electrons. The Balaban J connectivity index is 2.16. The number of carbonyl (C=O) groups is 2. The molecule has 80 valence electrons. The van der Waals surface area contributed by atoms with Crippen LogP contribution in [0.3, 0.4) is 0 Å². The fourth-order valence-electron chi connectivity index (χ4n) is 1.53. The highest BCUT2D eigenvalue weighted by Gasteiger charge is 2.31. The third-order valence-electron chi connectivity index (χ3n) is 2.41. The number of hydrogen-bond acceptors (Lipinski definition) is 4. The minimum absolute atomic E-state index is 0.144. The summed E-state index contributed by atoms with van der Waals surface area (Å²) in [6.45, 7) is 2.65. The van der Waals surface area contributed by atoms with E-state index in [2.05, 4.69) is 10.5 Å². The van der Waals surface area contributed by atoms with Crippen LogP contribution in [0, 0.1) is 0 Å². The molecule has 2 heterocycles. The van der Waals surface area contributed by atoms with Gasteiger partial charge in [0.05, 0.1) is 6.20 Å². The van der Waals surface area contributed by atoms with Crippen molar-refractivity contribution < 1.29 is 14.1 Å². The SMILES string of the molecule is CC1C(=O)NCCN1C(=O)c1ccno1. The zero-order valence-corrected chi connectivity index (χ0v) is 8.27. The monoisotopic (exact) mass is 209 g/mol. The lowest BCUT2D eigenvalue weighted by atomic mass is 10.2. The van der Waals surface area contributed by atoms with E-state index in [1.807, 2.05) is 0 Å². The standard InChI is InChI=1S/C9H11N3O3/c1-6-8(13)10-4-5-12(6)9(14)7-2-3-11-15-7/h2-3,6H,4-5H2,1H3,(H,10,13). The number of piperazine rings is 1. The van der Waals surface area contributed by atoms with Crippen LogP contribution in [0.15, 0.2) is 16.8 Å². The quantitative estimate of drug-likeness (QED) is 0.685. The van der Waals surface area contributed by atoms with Gasteiger partial charge in [-0.15, -0.1) is 0 Å². The Morgan fingerprint density at radius 1 is 1.73 bits per heavy atom. The topological polar surface area (TPSA) is 75.4 Å². The van der Waals surface area contributed by atoms with Gasteiger partial charge in [0, 0.05) is 19.2 Å². The van der Waals surface area contributed by atoms with Gasteiger partial charge in [0.25, 0.3) is 5.91 Å². The number of rotatable bonds is 1. The fourth-order valence-corrected chi connectivity index (χ4v) is 1.53. The van der Waals surface area contributed by atoms with Crippen LogP contribution < -0.4 is 5.32 Å². The average molecular weight is 209 g/mol. The minimum atomic E-state index is -0.462. The van der Waals surface area contributed by atoms with Gasteiger partial charge in [0.15, 0.2) is 0 Å². The van der Waals surface area contributed by atoms with Gasteiger partial charge in [0.2, 0.25) is 11.7 Å². The Kier molecular flexibility index (Phi) is 2.40. The van der Waals surface area contributed by atoms with E-state index in [0.717, 1.165) is 0 Å². The van der Waals surface area contributed by atoms with Crippen LogP contribution in [0.25, 0.3) is 0 Å². The third kappa shape index (κ3) is 1.70. The lowest BCUT2D eigenvalue weighted by Gasteiger charge is -2.31. The second-order valence-electron chi connectivity index (χ2n) is 3.34. The van der Waals surface area contributed by atoms with Crippen molar-refractivity contribution in [3.63, 3.8) is 0 Å². The molecule has 1 fully saturated rings. The van der Waals surface area contributed by atoms with Crippen molar-refractivity contribution >= 4 is 11.8 Å². The van der Waals surface area contributed by atoms with Gasteiger partial charge in [-0.2, -0.15) is 0 Å². The minimum Gasteiger partial charge on any atom is -0.353 e. The number of hydrogen-bond donors (Lipinski definition) is 1. The van der Waals surface area contributed by atoms with E-state index < -0.39 is 6.04 Å². The second kappa shape index (κ2) is 3.72. The normalized spacial score (nSPS) is 21.3. The van der Waals surface area contributed by atoms with E-state index in [-0.39, 0.29) is 17.6 Å². The molecular weight excluding hydrogens is 198 g/mol. The number of carbonyl (C=O) groups excluding carboxylic acids is 2. The van der Waals surface area contributed by atoms with Gasteiger partial charge in [-0.05, 0) is 6.92 Å². The van der Waals surface area contributed by atoms with Gasteiger partial charge in [0.1, 0.15) is 6.04 Å². The molecule has 0 bridgehead atoms. The Hall–Kier alpha value is -1.85. The van der Waals surface area contributed by atoms with Gasteiger partial charge in [-0.1, -0.05) is 5.16 Å². The number of amides is 2. The van der Waals surface area contributed by atoms with E-state index in [9.17, 15) is 9.59 Å². The van der Waals surface area contributed by atoms with Crippen molar-refractivity contribution in [2.45, 2.75) is 13.0 Å². The highest BCUT2D eigenvalue weighted by Crippen LogP contribution is 2.10. The summed E-state index contributed by atoms with van der Waals surface area (Å²) in [5.41, 5.74) is 0. The molecule has 15 heavy (non-hydrogen) atoms. The molecular formula is C9H11N3O3. The molecule has 1 saturated heterocycles. The van der Waals surface area contributed by atoms with Crippen molar-refractivity contribution in [1.29, 1.82) is 0 Å². The first-order valence-electron chi connectivity index (χ1n) is 4.69. The van der Waals surface area contributed by atoms with Crippen molar-refractivity contribution in [3.8, 4) is 0 Å². The molecule has 0 saturated carbocycles. The molecule has 1 N–H and O–H groups in total. The first kappa shape index (κ1) is 9.70. The number of nitrogens with one attached hydrogen (secondary N) is 1. The van der Waals surface area contributed by atoms with Crippen LogP contribution in [-0.4, -0.2) is 41.0 Å². The second-order valence-corrected chi connectivity index (χ2v) is 3.34. The van der Waals surface area contributed by atoms with E-state index in [1.54, 1.807) is 6.92 Å². The molecule has 6 heteroatoms. The summed E-state index contributed by atoms with van der Waals surface area (Å²) in [5.74, 6) is -0.277. The molecule has 2 amide bonds. The average Bonchev–Trinajstić information content (AvgIpc) is 2.74. The van der Waals surface area contributed by atoms with Crippen LogP contribution >= 0.6 is 0 Å². The van der Waals surface area contributed by atoms with E-state index in [4.69, 9.17) is 4.52 Å². The summed E-state index contributed by atoms with van der Waals surface area (Å²) in [6, 6.07) is 1.03. The summed E-state index contributed by atoms with van der Waals surface area (Å²) in [6.07, 6.45) is 1.40. The summed E-state index contributed by atoms with van der Waals surface area (Å²) < 4.78 is 4.76. The molecule has 1 unspecified atom stereocenters. The first-order chi connectivity index (χ1) is 7.20. The van der Waals surface area contributed by atoms with Crippen molar-refractivity contribution in [3.05, 3.63) is 18.0 Å². The molecule has 1 aliphatic rings. The molecule has 1 aromatic heterocycles. The maximum absolute atomic E-state index is 11.8. The molecule has 0 spiro atoms. The Bertz CT molecular complexity index is 374. The molecule has 1 atom stereocenters. The van der Waals surface area contributed by atoms with Gasteiger partial charge in [-0.25, -0.2) is 0 Å². The Morgan fingerprint density at radius 2 is 2.53 bits per heavy atom. The lowest BCUT2D eigenvalue weighted by molar-refractivity contribution is -0.127. The maximum Gasteiger partial charge on any atom is 0.293 e. The zero-order valence-electron chi connectivity index (χ0n) is 8.27. The van der Waals surface area contributed by atoms with E-state index in [0.29, 0.717) is 13.1 Å². The van der Waals surface area contributed by atoms with Gasteiger partial charge >= 0.3 is 0 Å². The van der Waals surface area contributed by atoms with Crippen molar-refractivity contribution in [2.24, 2.45) is 0 Å². The van der Waals surface area contributed by atoms with Crippen LogP contribution in [-0.2, 0) is 4.79 Å². The molecule has 1 aromatic rings. The number of nitrogens with zero attached hydrogens (tertiary/aromatic N) is 2. The largest absolute Gasteiger partial charge is 0.353 e. The third-order valence-corrected chi connectivity index (χ3v) is 2.41. The predicted octanol–water partition coefficient (Wildman–Crippen LogP) is -0.365. The smallest absolute Gasteiger partial charge is 0.293 e. The molecule has 6 nitrogen and oxygen atoms in total. The lowest BCUT2D eigenvalue weighted by Crippen LogP contribution is -2.55. The summed E-state index contributed by atoms with van der Waals surface area (Å²) in [7, 11) is 0. The van der Waals surface area contributed by atoms with Crippen molar-refractivity contribution in [2.75, 3.05) is 13.1 Å². The number of aromatic nitrogens is 1. The fraction of sp³-hybridized carbons (Fsp3) is 0.444. The van der Waals surface area contributed by atoms with Crippen LogP contribution in [0.1, 0.15) is 17.5 Å². The summed E-state index contributed by atoms with van der Waals surface area (Å²) >= 11 is 0. The maximum atomic E-state index is 11.8. The highest BCUT2D eigenvalue weighted by molar-refractivity contribution is 5.95. The Morgan fingerprint density at radius 3 is 3.20 bits per heavy atom. The van der Waals surface area contributed by atoms with E-state index >= 15 is 0 Å². The molecule has 1 aliphatic heterocycles. The van der Waals surface area contributed by atoms with Crippen LogP contribution in [0.4, 0.5) is 0 Å². The first-order valence-corrected chi connectivity index (χ1v) is 4.69. The Labute approximate surface area is 86.2 Å². The van der Waals surface area contributed by atoms with Crippen molar-refractivity contribution in [1.82, 2.24) is 15.4 Å².